The maximum absolute atomic E-state index is 13.1. The first-order valence-corrected chi connectivity index (χ1v) is 8.69. The van der Waals surface area contributed by atoms with Crippen LogP contribution in [0.5, 0.6) is 5.75 Å². The molecule has 0 spiro atoms. The number of carbonyl (C=O) groups is 1. The third-order valence-corrected chi connectivity index (χ3v) is 4.73. The molecular weight excluding hydrogens is 344 g/mol. The molecule has 1 aliphatic heterocycles. The van der Waals surface area contributed by atoms with E-state index in [0.29, 0.717) is 12.3 Å². The van der Waals surface area contributed by atoms with Gasteiger partial charge in [-0.3, -0.25) is 4.79 Å². The molecule has 1 unspecified atom stereocenters. The summed E-state index contributed by atoms with van der Waals surface area (Å²) in [6.45, 7) is 0.484. The zero-order valence-corrected chi connectivity index (χ0v) is 15.2. The highest BCUT2D eigenvalue weighted by Crippen LogP contribution is 2.29. The molecule has 0 saturated heterocycles. The van der Waals surface area contributed by atoms with Crippen molar-refractivity contribution < 1.29 is 14.3 Å². The standard InChI is InChI=1S/C20H20N4O3/c1-26-16-8-5-7-15(11-16)24-13-18(21-22-24)20(25)23-12-17(27-2)10-14-6-3-4-9-19(14)23/h3-9,11,13,17H,10,12H2,1-2H3. The van der Waals surface area contributed by atoms with Gasteiger partial charge in [-0.2, -0.15) is 0 Å². The number of fused-ring (bicyclic) bond motifs is 1. The Labute approximate surface area is 157 Å². The number of hydrogen-bond donors (Lipinski definition) is 0. The van der Waals surface area contributed by atoms with Crippen LogP contribution in [0.1, 0.15) is 16.1 Å². The summed E-state index contributed by atoms with van der Waals surface area (Å²) in [5.41, 5.74) is 3.04. The number of aromatic nitrogens is 3. The first-order chi connectivity index (χ1) is 13.2. The molecule has 138 valence electrons. The highest BCUT2D eigenvalue weighted by molar-refractivity contribution is 6.05. The Bertz CT molecular complexity index is 969. The van der Waals surface area contributed by atoms with Crippen LogP contribution < -0.4 is 9.64 Å². The van der Waals surface area contributed by atoms with Gasteiger partial charge in [0.2, 0.25) is 0 Å². The van der Waals surface area contributed by atoms with Crippen molar-refractivity contribution >= 4 is 11.6 Å². The molecule has 7 heteroatoms. The van der Waals surface area contributed by atoms with Crippen LogP contribution in [0.2, 0.25) is 0 Å². The molecule has 0 saturated carbocycles. The van der Waals surface area contributed by atoms with E-state index in [1.165, 1.54) is 0 Å². The molecule has 1 amide bonds. The molecule has 1 atom stereocenters. The van der Waals surface area contributed by atoms with E-state index >= 15 is 0 Å². The minimum atomic E-state index is -0.196. The van der Waals surface area contributed by atoms with Gasteiger partial charge >= 0.3 is 0 Å². The van der Waals surface area contributed by atoms with E-state index in [9.17, 15) is 4.79 Å². The maximum atomic E-state index is 13.1. The SMILES string of the molecule is COc1cccc(-n2cc(C(=O)N3CC(OC)Cc4ccccc43)nn2)c1. The molecule has 0 radical (unpaired) electrons. The number of para-hydroxylation sites is 1. The molecule has 2 heterocycles. The normalized spacial score (nSPS) is 16.1. The van der Waals surface area contributed by atoms with Crippen LogP contribution in [0.15, 0.2) is 54.7 Å². The molecule has 2 aromatic carbocycles. The fourth-order valence-electron chi connectivity index (χ4n) is 3.29. The summed E-state index contributed by atoms with van der Waals surface area (Å²) in [4.78, 5) is 14.8. The van der Waals surface area contributed by atoms with E-state index in [2.05, 4.69) is 10.3 Å². The molecule has 1 aromatic heterocycles. The van der Waals surface area contributed by atoms with Gasteiger partial charge in [-0.15, -0.1) is 5.10 Å². The van der Waals surface area contributed by atoms with Gasteiger partial charge in [0.1, 0.15) is 5.75 Å². The number of amides is 1. The van der Waals surface area contributed by atoms with Crippen molar-refractivity contribution in [2.45, 2.75) is 12.5 Å². The molecule has 4 rings (SSSR count). The molecule has 3 aromatic rings. The van der Waals surface area contributed by atoms with Crippen LogP contribution in [0, 0.1) is 0 Å². The Morgan fingerprint density at radius 1 is 1.15 bits per heavy atom. The van der Waals surface area contributed by atoms with Crippen molar-refractivity contribution in [3.8, 4) is 11.4 Å². The molecule has 27 heavy (non-hydrogen) atoms. The van der Waals surface area contributed by atoms with Gasteiger partial charge in [0.25, 0.3) is 5.91 Å². The lowest BCUT2D eigenvalue weighted by atomic mass is 9.99. The monoisotopic (exact) mass is 364 g/mol. The van der Waals surface area contributed by atoms with E-state index in [4.69, 9.17) is 9.47 Å². The summed E-state index contributed by atoms with van der Waals surface area (Å²) in [5, 5.41) is 8.19. The van der Waals surface area contributed by atoms with Crippen LogP contribution in [0.4, 0.5) is 5.69 Å². The van der Waals surface area contributed by atoms with Gasteiger partial charge in [-0.05, 0) is 23.8 Å². The van der Waals surface area contributed by atoms with E-state index in [1.807, 2.05) is 48.5 Å². The Hall–Kier alpha value is -3.19. The van der Waals surface area contributed by atoms with Crippen molar-refractivity contribution in [2.75, 3.05) is 25.7 Å². The Balaban J connectivity index is 1.64. The van der Waals surface area contributed by atoms with Crippen LogP contribution >= 0.6 is 0 Å². The van der Waals surface area contributed by atoms with Crippen molar-refractivity contribution in [3.63, 3.8) is 0 Å². The Morgan fingerprint density at radius 3 is 2.81 bits per heavy atom. The molecule has 0 fully saturated rings. The average Bonchev–Trinajstić information content (AvgIpc) is 3.22. The number of nitrogens with zero attached hydrogens (tertiary/aromatic N) is 4. The molecule has 7 nitrogen and oxygen atoms in total. The largest absolute Gasteiger partial charge is 0.497 e. The fraction of sp³-hybridized carbons (Fsp3) is 0.250. The van der Waals surface area contributed by atoms with Gasteiger partial charge in [0.05, 0.1) is 31.6 Å². The summed E-state index contributed by atoms with van der Waals surface area (Å²) >= 11 is 0. The maximum Gasteiger partial charge on any atom is 0.280 e. The van der Waals surface area contributed by atoms with Crippen molar-refractivity contribution in [1.82, 2.24) is 15.0 Å². The van der Waals surface area contributed by atoms with Crippen molar-refractivity contribution in [3.05, 3.63) is 66.0 Å². The first kappa shape index (κ1) is 17.2. The zero-order valence-electron chi connectivity index (χ0n) is 15.2. The quantitative estimate of drug-likeness (QED) is 0.711. The van der Waals surface area contributed by atoms with Crippen LogP contribution in [0.25, 0.3) is 5.69 Å². The number of ether oxygens (including phenoxy) is 2. The van der Waals surface area contributed by atoms with E-state index < -0.39 is 0 Å². The number of benzene rings is 2. The van der Waals surface area contributed by atoms with Crippen LogP contribution in [0.3, 0.4) is 0 Å². The second-order valence-corrected chi connectivity index (χ2v) is 6.36. The van der Waals surface area contributed by atoms with Crippen molar-refractivity contribution in [1.29, 1.82) is 0 Å². The lowest BCUT2D eigenvalue weighted by Crippen LogP contribution is -2.43. The molecule has 0 aliphatic carbocycles. The number of hydrogen-bond acceptors (Lipinski definition) is 5. The summed E-state index contributed by atoms with van der Waals surface area (Å²) in [5.74, 6) is 0.516. The number of anilines is 1. The third-order valence-electron chi connectivity index (χ3n) is 4.73. The summed E-state index contributed by atoms with van der Waals surface area (Å²) in [6, 6.07) is 15.3. The minimum Gasteiger partial charge on any atom is -0.497 e. The lowest BCUT2D eigenvalue weighted by molar-refractivity contribution is 0.0866. The van der Waals surface area contributed by atoms with Gasteiger partial charge in [-0.1, -0.05) is 29.5 Å². The number of methoxy groups -OCH3 is 2. The van der Waals surface area contributed by atoms with Gasteiger partial charge in [0.15, 0.2) is 5.69 Å². The third kappa shape index (κ3) is 3.29. The minimum absolute atomic E-state index is 0.0442. The smallest absolute Gasteiger partial charge is 0.280 e. The molecular formula is C20H20N4O3. The number of carbonyl (C=O) groups excluding carboxylic acids is 1. The van der Waals surface area contributed by atoms with E-state index in [-0.39, 0.29) is 17.7 Å². The topological polar surface area (TPSA) is 69.5 Å². The Morgan fingerprint density at radius 2 is 2.00 bits per heavy atom. The van der Waals surface area contributed by atoms with Gasteiger partial charge in [-0.25, -0.2) is 4.68 Å². The second-order valence-electron chi connectivity index (χ2n) is 6.36. The predicted molar refractivity (Wildman–Crippen MR) is 101 cm³/mol. The first-order valence-electron chi connectivity index (χ1n) is 8.69. The molecule has 1 aliphatic rings. The summed E-state index contributed by atoms with van der Waals surface area (Å²) in [7, 11) is 3.27. The zero-order chi connectivity index (χ0) is 18.8. The average molecular weight is 364 g/mol. The molecule has 0 N–H and O–H groups in total. The summed E-state index contributed by atoms with van der Waals surface area (Å²) < 4.78 is 12.3. The van der Waals surface area contributed by atoms with E-state index in [0.717, 1.165) is 23.4 Å². The van der Waals surface area contributed by atoms with Gasteiger partial charge in [0, 0.05) is 25.3 Å². The summed E-state index contributed by atoms with van der Waals surface area (Å²) in [6.07, 6.45) is 2.38. The van der Waals surface area contributed by atoms with Gasteiger partial charge < -0.3 is 14.4 Å². The molecule has 0 bridgehead atoms. The highest BCUT2D eigenvalue weighted by Gasteiger charge is 2.30. The van der Waals surface area contributed by atoms with Crippen molar-refractivity contribution in [2.24, 2.45) is 0 Å². The lowest BCUT2D eigenvalue weighted by Gasteiger charge is -2.33. The fourth-order valence-corrected chi connectivity index (χ4v) is 3.29. The van der Waals surface area contributed by atoms with Crippen LogP contribution in [-0.4, -0.2) is 47.8 Å². The highest BCUT2D eigenvalue weighted by atomic mass is 16.5. The van der Waals surface area contributed by atoms with Crippen LogP contribution in [-0.2, 0) is 11.2 Å². The number of rotatable bonds is 4. The second kappa shape index (κ2) is 7.20. The van der Waals surface area contributed by atoms with E-state index in [1.54, 1.807) is 30.0 Å². The predicted octanol–water partition coefficient (Wildman–Crippen LogP) is 2.49. The Kier molecular flexibility index (Phi) is 4.60.